The van der Waals surface area contributed by atoms with E-state index >= 15 is 0 Å². The number of carbonyl (C=O) groups is 1. The fourth-order valence-electron chi connectivity index (χ4n) is 1.86. The fourth-order valence-corrected chi connectivity index (χ4v) is 1.86. The van der Waals surface area contributed by atoms with E-state index < -0.39 is 5.97 Å². The Labute approximate surface area is 120 Å². The lowest BCUT2D eigenvalue weighted by atomic mass is 10.1. The first-order chi connectivity index (χ1) is 10.1. The number of carboxylic acids is 1. The Bertz CT molecular complexity index is 794. The summed E-state index contributed by atoms with van der Waals surface area (Å²) in [6.07, 6.45) is 1.68. The van der Waals surface area contributed by atoms with E-state index in [2.05, 4.69) is 15.1 Å². The van der Waals surface area contributed by atoms with Gasteiger partial charge >= 0.3 is 5.97 Å². The monoisotopic (exact) mass is 281 g/mol. The second-order valence-electron chi connectivity index (χ2n) is 4.52. The summed E-state index contributed by atoms with van der Waals surface area (Å²) in [5, 5.41) is 12.8. The third-order valence-corrected chi connectivity index (χ3v) is 2.95. The van der Waals surface area contributed by atoms with Crippen molar-refractivity contribution in [1.29, 1.82) is 0 Å². The number of aryl methyl sites for hydroxylation is 1. The van der Waals surface area contributed by atoms with Gasteiger partial charge in [-0.15, -0.1) is 0 Å². The summed E-state index contributed by atoms with van der Waals surface area (Å²) in [5.41, 5.74) is 2.55. The van der Waals surface area contributed by atoms with Gasteiger partial charge in [-0.05, 0) is 48.9 Å². The first-order valence-corrected chi connectivity index (χ1v) is 6.24. The van der Waals surface area contributed by atoms with E-state index in [0.29, 0.717) is 23.0 Å². The van der Waals surface area contributed by atoms with Gasteiger partial charge in [0, 0.05) is 11.8 Å². The van der Waals surface area contributed by atoms with E-state index in [1.807, 2.05) is 19.1 Å². The average molecular weight is 281 g/mol. The van der Waals surface area contributed by atoms with E-state index in [0.717, 1.165) is 5.56 Å². The van der Waals surface area contributed by atoms with Crippen LogP contribution >= 0.6 is 0 Å². The zero-order valence-corrected chi connectivity index (χ0v) is 11.1. The molecule has 0 unspecified atom stereocenters. The number of hydrogen-bond donors (Lipinski definition) is 1. The average Bonchev–Trinajstić information content (AvgIpc) is 2.97. The third-order valence-electron chi connectivity index (χ3n) is 2.95. The number of hydrogen-bond acceptors (Lipinski definition) is 5. The molecule has 104 valence electrons. The molecule has 0 aliphatic heterocycles. The summed E-state index contributed by atoms with van der Waals surface area (Å²) in [7, 11) is 0. The van der Waals surface area contributed by atoms with E-state index in [1.165, 1.54) is 12.1 Å². The van der Waals surface area contributed by atoms with Crippen molar-refractivity contribution in [3.8, 4) is 23.0 Å². The number of aromatic carboxylic acids is 1. The van der Waals surface area contributed by atoms with Gasteiger partial charge in [-0.25, -0.2) is 4.79 Å². The molecule has 6 heteroatoms. The number of nitrogens with zero attached hydrogens (tertiary/aromatic N) is 3. The van der Waals surface area contributed by atoms with Crippen molar-refractivity contribution < 1.29 is 14.4 Å². The second-order valence-corrected chi connectivity index (χ2v) is 4.52. The molecule has 1 aromatic carbocycles. The van der Waals surface area contributed by atoms with Crippen LogP contribution in [0.5, 0.6) is 0 Å². The molecule has 3 rings (SSSR count). The Morgan fingerprint density at radius 2 is 1.95 bits per heavy atom. The van der Waals surface area contributed by atoms with Gasteiger partial charge in [-0.2, -0.15) is 4.98 Å². The van der Waals surface area contributed by atoms with Gasteiger partial charge in [0.25, 0.3) is 5.89 Å². The Morgan fingerprint density at radius 1 is 1.19 bits per heavy atom. The summed E-state index contributed by atoms with van der Waals surface area (Å²) < 4.78 is 5.20. The molecule has 6 nitrogen and oxygen atoms in total. The molecule has 0 bridgehead atoms. The van der Waals surface area contributed by atoms with Crippen LogP contribution in [0.1, 0.15) is 15.9 Å². The zero-order valence-electron chi connectivity index (χ0n) is 11.1. The molecule has 0 aliphatic rings. The molecular weight excluding hydrogens is 270 g/mol. The second kappa shape index (κ2) is 5.16. The smallest absolute Gasteiger partial charge is 0.335 e. The lowest BCUT2D eigenvalue weighted by molar-refractivity contribution is 0.0697. The van der Waals surface area contributed by atoms with Crippen LogP contribution in [-0.2, 0) is 0 Å². The molecule has 0 saturated heterocycles. The van der Waals surface area contributed by atoms with Gasteiger partial charge in [0.15, 0.2) is 0 Å². The fraction of sp³-hybridized carbons (Fsp3) is 0.0667. The molecule has 0 spiro atoms. The van der Waals surface area contributed by atoms with Crippen molar-refractivity contribution in [2.45, 2.75) is 6.92 Å². The van der Waals surface area contributed by atoms with Crippen LogP contribution in [0.4, 0.5) is 0 Å². The summed E-state index contributed by atoms with van der Waals surface area (Å²) in [4.78, 5) is 19.3. The molecule has 0 saturated carbocycles. The molecule has 2 heterocycles. The Balaban J connectivity index is 1.93. The lowest BCUT2D eigenvalue weighted by Crippen LogP contribution is -1.94. The summed E-state index contributed by atoms with van der Waals surface area (Å²) >= 11 is 0. The molecular formula is C15H11N3O3. The maximum atomic E-state index is 10.8. The maximum absolute atomic E-state index is 10.8. The number of carboxylic acid groups (broad SMARTS) is 1. The van der Waals surface area contributed by atoms with Gasteiger partial charge < -0.3 is 9.63 Å². The van der Waals surface area contributed by atoms with Gasteiger partial charge in [-0.1, -0.05) is 5.16 Å². The number of aromatic nitrogens is 3. The molecule has 3 aromatic rings. The molecule has 0 atom stereocenters. The van der Waals surface area contributed by atoms with Crippen LogP contribution in [0.25, 0.3) is 23.0 Å². The van der Waals surface area contributed by atoms with Crippen LogP contribution in [0.15, 0.2) is 47.1 Å². The Morgan fingerprint density at radius 3 is 2.62 bits per heavy atom. The topological polar surface area (TPSA) is 89.1 Å². The van der Waals surface area contributed by atoms with Crippen LogP contribution < -0.4 is 0 Å². The minimum atomic E-state index is -0.975. The Kier molecular flexibility index (Phi) is 3.19. The third kappa shape index (κ3) is 2.64. The highest BCUT2D eigenvalue weighted by atomic mass is 16.5. The van der Waals surface area contributed by atoms with Gasteiger partial charge in [-0.3, -0.25) is 4.98 Å². The molecule has 21 heavy (non-hydrogen) atoms. The first kappa shape index (κ1) is 13.0. The first-order valence-electron chi connectivity index (χ1n) is 6.24. The molecule has 2 aromatic heterocycles. The van der Waals surface area contributed by atoms with Gasteiger partial charge in [0.1, 0.15) is 5.69 Å². The highest BCUT2D eigenvalue weighted by Gasteiger charge is 2.12. The maximum Gasteiger partial charge on any atom is 0.335 e. The minimum absolute atomic E-state index is 0.207. The van der Waals surface area contributed by atoms with Crippen molar-refractivity contribution in [3.05, 3.63) is 53.7 Å². The normalized spacial score (nSPS) is 10.5. The van der Waals surface area contributed by atoms with Crippen molar-refractivity contribution >= 4 is 5.97 Å². The molecule has 1 N–H and O–H groups in total. The lowest BCUT2D eigenvalue weighted by Gasteiger charge is -1.96. The van der Waals surface area contributed by atoms with E-state index in [9.17, 15) is 4.79 Å². The SMILES string of the molecule is Cc1ccnc(-c2noc(-c3ccc(C(=O)O)cc3)n2)c1. The largest absolute Gasteiger partial charge is 0.478 e. The van der Waals surface area contributed by atoms with Crippen LogP contribution in [-0.4, -0.2) is 26.2 Å². The standard InChI is InChI=1S/C15H11N3O3/c1-9-6-7-16-12(8-9)13-17-14(21-18-13)10-2-4-11(5-3-10)15(19)20/h2-8H,1H3,(H,19,20). The van der Waals surface area contributed by atoms with Crippen molar-refractivity contribution in [2.75, 3.05) is 0 Å². The highest BCUT2D eigenvalue weighted by Crippen LogP contribution is 2.21. The summed E-state index contributed by atoms with van der Waals surface area (Å²) in [5.74, 6) is -0.252. The quantitative estimate of drug-likeness (QED) is 0.794. The molecule has 0 aliphatic carbocycles. The zero-order chi connectivity index (χ0) is 14.8. The van der Waals surface area contributed by atoms with E-state index in [-0.39, 0.29) is 5.56 Å². The van der Waals surface area contributed by atoms with E-state index in [1.54, 1.807) is 18.3 Å². The molecule has 0 amide bonds. The van der Waals surface area contributed by atoms with Crippen molar-refractivity contribution in [2.24, 2.45) is 0 Å². The van der Waals surface area contributed by atoms with Gasteiger partial charge in [0.05, 0.1) is 5.56 Å². The number of rotatable bonds is 3. The molecule has 0 fully saturated rings. The van der Waals surface area contributed by atoms with Crippen molar-refractivity contribution in [1.82, 2.24) is 15.1 Å². The Hall–Kier alpha value is -3.02. The van der Waals surface area contributed by atoms with Crippen LogP contribution in [0.2, 0.25) is 0 Å². The van der Waals surface area contributed by atoms with Crippen LogP contribution in [0.3, 0.4) is 0 Å². The number of pyridine rings is 1. The summed E-state index contributed by atoms with van der Waals surface area (Å²) in [6, 6.07) is 9.99. The number of benzene rings is 1. The summed E-state index contributed by atoms with van der Waals surface area (Å²) in [6.45, 7) is 1.96. The van der Waals surface area contributed by atoms with Crippen LogP contribution in [0, 0.1) is 6.92 Å². The minimum Gasteiger partial charge on any atom is -0.478 e. The predicted molar refractivity (Wildman–Crippen MR) is 74.7 cm³/mol. The predicted octanol–water partition coefficient (Wildman–Crippen LogP) is 2.81. The van der Waals surface area contributed by atoms with Gasteiger partial charge in [0.2, 0.25) is 5.82 Å². The van der Waals surface area contributed by atoms with Crippen molar-refractivity contribution in [3.63, 3.8) is 0 Å². The van der Waals surface area contributed by atoms with E-state index in [4.69, 9.17) is 9.63 Å². The molecule has 0 radical (unpaired) electrons. The highest BCUT2D eigenvalue weighted by molar-refractivity contribution is 5.88.